The Kier molecular flexibility index (Phi) is 5.28. The molecule has 1 fully saturated rings. The molecule has 2 atom stereocenters. The van der Waals surface area contributed by atoms with Crippen LogP contribution in [-0.2, 0) is 0 Å². The summed E-state index contributed by atoms with van der Waals surface area (Å²) in [5.74, 6) is 0.620. The highest BCUT2D eigenvalue weighted by Gasteiger charge is 2.24. The molecule has 0 radical (unpaired) electrons. The van der Waals surface area contributed by atoms with Gasteiger partial charge in [0.2, 0.25) is 0 Å². The van der Waals surface area contributed by atoms with Gasteiger partial charge in [-0.1, -0.05) is 18.5 Å². The third-order valence-corrected chi connectivity index (χ3v) is 4.42. The molecule has 1 heterocycles. The molecular weight excluding hydrogens is 270 g/mol. The minimum absolute atomic E-state index is 0.343. The Morgan fingerprint density at radius 3 is 3.05 bits per heavy atom. The quantitative estimate of drug-likeness (QED) is 0.918. The van der Waals surface area contributed by atoms with Gasteiger partial charge in [0, 0.05) is 17.6 Å². The SMILES string of the molecule is CCN1CCCC(C(C)Nc2cc(Cl)ccc2C#N)C1. The van der Waals surface area contributed by atoms with Gasteiger partial charge >= 0.3 is 0 Å². The van der Waals surface area contributed by atoms with Crippen LogP contribution < -0.4 is 5.32 Å². The third-order valence-electron chi connectivity index (χ3n) is 4.18. The predicted octanol–water partition coefficient (Wildman–Crippen LogP) is 3.74. The summed E-state index contributed by atoms with van der Waals surface area (Å²) in [5, 5.41) is 13.3. The van der Waals surface area contributed by atoms with Crippen molar-refractivity contribution in [1.82, 2.24) is 4.90 Å². The van der Waals surface area contributed by atoms with Crippen molar-refractivity contribution in [3.05, 3.63) is 28.8 Å². The summed E-state index contributed by atoms with van der Waals surface area (Å²) in [7, 11) is 0. The van der Waals surface area contributed by atoms with Gasteiger partial charge in [-0.2, -0.15) is 5.26 Å². The van der Waals surface area contributed by atoms with Crippen molar-refractivity contribution >= 4 is 17.3 Å². The minimum atomic E-state index is 0.343. The first-order valence-electron chi connectivity index (χ1n) is 7.32. The van der Waals surface area contributed by atoms with Gasteiger partial charge < -0.3 is 10.2 Å². The summed E-state index contributed by atoms with van der Waals surface area (Å²) in [6.07, 6.45) is 2.50. The number of likely N-dealkylation sites (tertiary alicyclic amines) is 1. The van der Waals surface area contributed by atoms with E-state index in [1.165, 1.54) is 19.4 Å². The number of rotatable bonds is 4. The summed E-state index contributed by atoms with van der Waals surface area (Å²) in [6.45, 7) is 7.87. The van der Waals surface area contributed by atoms with Gasteiger partial charge in [-0.05, 0) is 57.0 Å². The third kappa shape index (κ3) is 3.65. The Morgan fingerprint density at radius 2 is 2.35 bits per heavy atom. The van der Waals surface area contributed by atoms with Crippen LogP contribution in [0.3, 0.4) is 0 Å². The number of anilines is 1. The van der Waals surface area contributed by atoms with Crippen LogP contribution in [-0.4, -0.2) is 30.6 Å². The molecule has 0 amide bonds. The summed E-state index contributed by atoms with van der Waals surface area (Å²) in [4.78, 5) is 2.50. The van der Waals surface area contributed by atoms with Crippen molar-refractivity contribution in [2.24, 2.45) is 5.92 Å². The first kappa shape index (κ1) is 15.2. The molecule has 4 heteroatoms. The fraction of sp³-hybridized carbons (Fsp3) is 0.562. The van der Waals surface area contributed by atoms with E-state index in [2.05, 4.69) is 30.1 Å². The first-order valence-corrected chi connectivity index (χ1v) is 7.70. The minimum Gasteiger partial charge on any atom is -0.381 e. The number of benzene rings is 1. The van der Waals surface area contributed by atoms with Gasteiger partial charge in [0.1, 0.15) is 6.07 Å². The second kappa shape index (κ2) is 6.97. The Hall–Kier alpha value is -1.24. The molecular formula is C16H22ClN3. The van der Waals surface area contributed by atoms with Gasteiger partial charge in [0.25, 0.3) is 0 Å². The van der Waals surface area contributed by atoms with E-state index in [4.69, 9.17) is 11.6 Å². The van der Waals surface area contributed by atoms with Crippen LogP contribution in [0.4, 0.5) is 5.69 Å². The van der Waals surface area contributed by atoms with E-state index < -0.39 is 0 Å². The second-order valence-electron chi connectivity index (χ2n) is 5.53. The van der Waals surface area contributed by atoms with Gasteiger partial charge in [-0.25, -0.2) is 0 Å². The molecule has 0 aliphatic carbocycles. The van der Waals surface area contributed by atoms with Crippen molar-refractivity contribution in [2.45, 2.75) is 32.7 Å². The van der Waals surface area contributed by atoms with Crippen LogP contribution in [0.2, 0.25) is 5.02 Å². The smallest absolute Gasteiger partial charge is 0.101 e. The second-order valence-corrected chi connectivity index (χ2v) is 5.97. The molecule has 108 valence electrons. The molecule has 0 aromatic heterocycles. The highest BCUT2D eigenvalue weighted by Crippen LogP contribution is 2.25. The van der Waals surface area contributed by atoms with Crippen molar-refractivity contribution < 1.29 is 0 Å². The molecule has 20 heavy (non-hydrogen) atoms. The predicted molar refractivity (Wildman–Crippen MR) is 84.1 cm³/mol. The molecule has 2 unspecified atom stereocenters. The average Bonchev–Trinajstić information content (AvgIpc) is 2.47. The fourth-order valence-corrected chi connectivity index (χ4v) is 3.06. The number of piperidine rings is 1. The van der Waals surface area contributed by atoms with Gasteiger partial charge in [-0.15, -0.1) is 0 Å². The molecule has 0 bridgehead atoms. The summed E-state index contributed by atoms with van der Waals surface area (Å²) in [5.41, 5.74) is 1.51. The zero-order valence-electron chi connectivity index (χ0n) is 12.2. The van der Waals surface area contributed by atoms with Crippen molar-refractivity contribution in [1.29, 1.82) is 5.26 Å². The largest absolute Gasteiger partial charge is 0.381 e. The molecule has 1 N–H and O–H groups in total. The zero-order chi connectivity index (χ0) is 14.5. The van der Waals surface area contributed by atoms with Gasteiger partial charge in [0.15, 0.2) is 0 Å². The number of nitrogens with one attached hydrogen (secondary N) is 1. The Labute approximate surface area is 126 Å². The lowest BCUT2D eigenvalue weighted by atomic mass is 9.91. The summed E-state index contributed by atoms with van der Waals surface area (Å²) >= 11 is 6.03. The van der Waals surface area contributed by atoms with Crippen molar-refractivity contribution in [3.8, 4) is 6.07 Å². The lowest BCUT2D eigenvalue weighted by Crippen LogP contribution is -2.41. The average molecular weight is 292 g/mol. The molecule has 3 nitrogen and oxygen atoms in total. The number of nitrogens with zero attached hydrogens (tertiary/aromatic N) is 2. The number of nitriles is 1. The van der Waals surface area contributed by atoms with E-state index in [1.54, 1.807) is 12.1 Å². The Morgan fingerprint density at radius 1 is 1.55 bits per heavy atom. The topological polar surface area (TPSA) is 39.1 Å². The van der Waals surface area contributed by atoms with Gasteiger partial charge in [0.05, 0.1) is 11.3 Å². The normalized spacial score (nSPS) is 21.2. The maximum Gasteiger partial charge on any atom is 0.101 e. The lowest BCUT2D eigenvalue weighted by molar-refractivity contribution is 0.172. The molecule has 1 aliphatic heterocycles. The monoisotopic (exact) mass is 291 g/mol. The fourth-order valence-electron chi connectivity index (χ4n) is 2.88. The maximum atomic E-state index is 9.17. The van der Waals surface area contributed by atoms with E-state index >= 15 is 0 Å². The molecule has 1 aromatic carbocycles. The van der Waals surface area contributed by atoms with Crippen LogP contribution >= 0.6 is 11.6 Å². The highest BCUT2D eigenvalue weighted by atomic mass is 35.5. The van der Waals surface area contributed by atoms with E-state index in [9.17, 15) is 5.26 Å². The number of hydrogen-bond acceptors (Lipinski definition) is 3. The standard InChI is InChI=1S/C16H22ClN3/c1-3-20-8-4-5-14(11-20)12(2)19-16-9-15(17)7-6-13(16)10-18/h6-7,9,12,14,19H,3-5,8,11H2,1-2H3. The molecule has 1 aromatic rings. The Bertz CT molecular complexity index is 495. The highest BCUT2D eigenvalue weighted by molar-refractivity contribution is 6.30. The van der Waals surface area contributed by atoms with E-state index in [0.717, 1.165) is 18.8 Å². The zero-order valence-corrected chi connectivity index (χ0v) is 13.0. The molecule has 1 saturated heterocycles. The van der Waals surface area contributed by atoms with Gasteiger partial charge in [-0.3, -0.25) is 0 Å². The van der Waals surface area contributed by atoms with Crippen LogP contribution in [0.1, 0.15) is 32.3 Å². The van der Waals surface area contributed by atoms with Crippen LogP contribution in [0.15, 0.2) is 18.2 Å². The Balaban J connectivity index is 2.06. The van der Waals surface area contributed by atoms with Crippen LogP contribution in [0.25, 0.3) is 0 Å². The number of halogens is 1. The molecule has 1 aliphatic rings. The van der Waals surface area contributed by atoms with Crippen molar-refractivity contribution in [2.75, 3.05) is 25.0 Å². The van der Waals surface area contributed by atoms with E-state index in [1.807, 2.05) is 6.07 Å². The van der Waals surface area contributed by atoms with E-state index in [0.29, 0.717) is 22.5 Å². The molecule has 0 saturated carbocycles. The maximum absolute atomic E-state index is 9.17. The first-order chi connectivity index (χ1) is 9.63. The summed E-state index contributed by atoms with van der Waals surface area (Å²) < 4.78 is 0. The molecule has 0 spiro atoms. The number of hydrogen-bond donors (Lipinski definition) is 1. The lowest BCUT2D eigenvalue weighted by Gasteiger charge is -2.35. The van der Waals surface area contributed by atoms with Crippen molar-refractivity contribution in [3.63, 3.8) is 0 Å². The van der Waals surface area contributed by atoms with Crippen LogP contribution in [0.5, 0.6) is 0 Å². The molecule has 2 rings (SSSR count). The van der Waals surface area contributed by atoms with Crippen LogP contribution in [0, 0.1) is 17.2 Å². The van der Waals surface area contributed by atoms with E-state index in [-0.39, 0.29) is 0 Å². The summed E-state index contributed by atoms with van der Waals surface area (Å²) in [6, 6.07) is 7.94.